The summed E-state index contributed by atoms with van der Waals surface area (Å²) in [5, 5.41) is 10.5. The normalized spacial score (nSPS) is 23.3. The largest absolute Gasteiger partial charge is 0.392 e. The van der Waals surface area contributed by atoms with Crippen molar-refractivity contribution in [3.8, 4) is 0 Å². The Morgan fingerprint density at radius 2 is 2.04 bits per heavy atom. The fraction of sp³-hybridized carbons (Fsp3) is 0.611. The first-order valence-electron chi connectivity index (χ1n) is 8.67. The van der Waals surface area contributed by atoms with Crippen LogP contribution in [0.3, 0.4) is 0 Å². The summed E-state index contributed by atoms with van der Waals surface area (Å²) in [6, 6.07) is 8.26. The maximum atomic E-state index is 11.5. The molecule has 2 aliphatic rings. The topological polar surface area (TPSA) is 69.8 Å². The number of primary amides is 1. The summed E-state index contributed by atoms with van der Waals surface area (Å²) in [5.74, 6) is 0. The van der Waals surface area contributed by atoms with E-state index in [0.717, 1.165) is 45.3 Å². The predicted molar refractivity (Wildman–Crippen MR) is 90.0 cm³/mol. The van der Waals surface area contributed by atoms with E-state index in [-0.39, 0.29) is 12.1 Å². The molecule has 2 aliphatic heterocycles. The molecule has 2 amide bonds. The lowest BCUT2D eigenvalue weighted by Gasteiger charge is -2.37. The number of hydrogen-bond acceptors (Lipinski definition) is 3. The third-order valence-electron chi connectivity index (χ3n) is 5.13. The highest BCUT2D eigenvalue weighted by molar-refractivity contribution is 5.72. The lowest BCUT2D eigenvalue weighted by atomic mass is 9.96. The number of rotatable bonds is 4. The van der Waals surface area contributed by atoms with E-state index in [4.69, 9.17) is 5.73 Å². The van der Waals surface area contributed by atoms with Crippen LogP contribution in [0, 0.1) is 0 Å². The molecule has 2 atom stereocenters. The lowest BCUT2D eigenvalue weighted by molar-refractivity contribution is 0.0640. The summed E-state index contributed by atoms with van der Waals surface area (Å²) in [5.41, 5.74) is 8.25. The molecule has 0 aliphatic carbocycles. The van der Waals surface area contributed by atoms with Crippen molar-refractivity contribution in [3.63, 3.8) is 0 Å². The maximum absolute atomic E-state index is 11.5. The number of aliphatic hydroxyl groups is 1. The second kappa shape index (κ2) is 7.32. The number of benzene rings is 1. The van der Waals surface area contributed by atoms with Gasteiger partial charge in [-0.3, -0.25) is 4.90 Å². The number of carbonyl (C=O) groups excluding carboxylic acids is 1. The van der Waals surface area contributed by atoms with E-state index in [9.17, 15) is 9.90 Å². The molecule has 23 heavy (non-hydrogen) atoms. The summed E-state index contributed by atoms with van der Waals surface area (Å²) in [4.78, 5) is 15.6. The maximum Gasteiger partial charge on any atom is 0.315 e. The van der Waals surface area contributed by atoms with Gasteiger partial charge in [0, 0.05) is 32.2 Å². The molecule has 5 heteroatoms. The molecule has 0 spiro atoms. The zero-order chi connectivity index (χ0) is 16.2. The SMILES string of the molecule is NC(=O)N1CCCCC1C[C@H](O)CN1CCc2ccccc2C1. The molecule has 0 bridgehead atoms. The Bertz CT molecular complexity index is 549. The average Bonchev–Trinajstić information content (AvgIpc) is 2.55. The Morgan fingerprint density at radius 1 is 1.26 bits per heavy atom. The van der Waals surface area contributed by atoms with Crippen LogP contribution in [0.1, 0.15) is 36.8 Å². The van der Waals surface area contributed by atoms with Gasteiger partial charge in [-0.25, -0.2) is 4.79 Å². The molecular weight excluding hydrogens is 290 g/mol. The van der Waals surface area contributed by atoms with Crippen LogP contribution in [-0.4, -0.2) is 52.7 Å². The molecule has 3 N–H and O–H groups in total. The summed E-state index contributed by atoms with van der Waals surface area (Å²) in [6.07, 6.45) is 4.32. The van der Waals surface area contributed by atoms with Gasteiger partial charge in [0.25, 0.3) is 0 Å². The van der Waals surface area contributed by atoms with E-state index in [2.05, 4.69) is 29.2 Å². The number of fused-ring (bicyclic) bond motifs is 1. The minimum absolute atomic E-state index is 0.0910. The van der Waals surface area contributed by atoms with E-state index >= 15 is 0 Å². The van der Waals surface area contributed by atoms with Crippen molar-refractivity contribution in [3.05, 3.63) is 35.4 Å². The van der Waals surface area contributed by atoms with Crippen molar-refractivity contribution >= 4 is 6.03 Å². The minimum Gasteiger partial charge on any atom is -0.392 e. The number of nitrogens with zero attached hydrogens (tertiary/aromatic N) is 2. The van der Waals surface area contributed by atoms with Crippen LogP contribution in [-0.2, 0) is 13.0 Å². The summed E-state index contributed by atoms with van der Waals surface area (Å²) >= 11 is 0. The number of piperidine rings is 1. The van der Waals surface area contributed by atoms with Gasteiger partial charge in [-0.05, 0) is 43.2 Å². The van der Waals surface area contributed by atoms with Gasteiger partial charge in [0.2, 0.25) is 0 Å². The highest BCUT2D eigenvalue weighted by Gasteiger charge is 2.28. The van der Waals surface area contributed by atoms with Crippen LogP contribution >= 0.6 is 0 Å². The summed E-state index contributed by atoms with van der Waals surface area (Å²) in [7, 11) is 0. The van der Waals surface area contributed by atoms with Crippen molar-refractivity contribution in [2.45, 2.75) is 50.8 Å². The Balaban J connectivity index is 1.53. The molecule has 1 aromatic carbocycles. The van der Waals surface area contributed by atoms with Crippen molar-refractivity contribution < 1.29 is 9.90 Å². The first-order valence-corrected chi connectivity index (χ1v) is 8.67. The van der Waals surface area contributed by atoms with Crippen molar-refractivity contribution in [1.82, 2.24) is 9.80 Å². The van der Waals surface area contributed by atoms with Gasteiger partial charge in [-0.2, -0.15) is 0 Å². The second-order valence-corrected chi connectivity index (χ2v) is 6.82. The Morgan fingerprint density at radius 3 is 2.83 bits per heavy atom. The van der Waals surface area contributed by atoms with Gasteiger partial charge in [-0.15, -0.1) is 0 Å². The smallest absolute Gasteiger partial charge is 0.315 e. The van der Waals surface area contributed by atoms with Gasteiger partial charge in [0.15, 0.2) is 0 Å². The van der Waals surface area contributed by atoms with E-state index in [0.29, 0.717) is 13.0 Å². The van der Waals surface area contributed by atoms with Gasteiger partial charge in [-0.1, -0.05) is 24.3 Å². The van der Waals surface area contributed by atoms with E-state index < -0.39 is 6.10 Å². The highest BCUT2D eigenvalue weighted by atomic mass is 16.3. The van der Waals surface area contributed by atoms with Gasteiger partial charge in [0.1, 0.15) is 0 Å². The third-order valence-corrected chi connectivity index (χ3v) is 5.13. The average molecular weight is 317 g/mol. The molecule has 5 nitrogen and oxygen atoms in total. The Labute approximate surface area is 138 Å². The molecule has 0 radical (unpaired) electrons. The molecule has 1 fully saturated rings. The van der Waals surface area contributed by atoms with E-state index in [1.807, 2.05) is 0 Å². The molecular formula is C18H27N3O2. The first kappa shape index (κ1) is 16.3. The van der Waals surface area contributed by atoms with Crippen LogP contribution in [0.15, 0.2) is 24.3 Å². The Kier molecular flexibility index (Phi) is 5.18. The van der Waals surface area contributed by atoms with Crippen LogP contribution in [0.5, 0.6) is 0 Å². The third kappa shape index (κ3) is 4.03. The van der Waals surface area contributed by atoms with Crippen LogP contribution < -0.4 is 5.73 Å². The number of hydrogen-bond donors (Lipinski definition) is 2. The van der Waals surface area contributed by atoms with Crippen molar-refractivity contribution in [2.24, 2.45) is 5.73 Å². The van der Waals surface area contributed by atoms with Crippen LogP contribution in [0.4, 0.5) is 4.79 Å². The fourth-order valence-corrected chi connectivity index (χ4v) is 3.93. The van der Waals surface area contributed by atoms with Crippen molar-refractivity contribution in [2.75, 3.05) is 19.6 Å². The Hall–Kier alpha value is -1.59. The monoisotopic (exact) mass is 317 g/mol. The minimum atomic E-state index is -0.412. The predicted octanol–water partition coefficient (Wildman–Crippen LogP) is 1.73. The lowest BCUT2D eigenvalue weighted by Crippen LogP contribution is -2.49. The summed E-state index contributed by atoms with van der Waals surface area (Å²) < 4.78 is 0. The van der Waals surface area contributed by atoms with E-state index in [1.54, 1.807) is 4.90 Å². The number of amides is 2. The number of aliphatic hydroxyl groups excluding tert-OH is 1. The molecule has 2 heterocycles. The second-order valence-electron chi connectivity index (χ2n) is 6.82. The van der Waals surface area contributed by atoms with Gasteiger partial charge >= 0.3 is 6.03 Å². The first-order chi connectivity index (χ1) is 11.1. The number of likely N-dealkylation sites (tertiary alicyclic amines) is 1. The summed E-state index contributed by atoms with van der Waals surface area (Å²) in [6.45, 7) is 3.27. The molecule has 1 saturated heterocycles. The number of β-amino-alcohol motifs (C(OH)–C–C–N with tert-alkyl or cyclic N) is 1. The van der Waals surface area contributed by atoms with Crippen molar-refractivity contribution in [1.29, 1.82) is 0 Å². The number of nitrogens with two attached hydrogens (primary N) is 1. The molecule has 3 rings (SSSR count). The zero-order valence-electron chi connectivity index (χ0n) is 13.7. The highest BCUT2D eigenvalue weighted by Crippen LogP contribution is 2.23. The quantitative estimate of drug-likeness (QED) is 0.888. The molecule has 0 aromatic heterocycles. The van der Waals surface area contributed by atoms with Gasteiger partial charge in [0.05, 0.1) is 6.10 Å². The molecule has 1 unspecified atom stereocenters. The number of carbonyl (C=O) groups is 1. The molecule has 0 saturated carbocycles. The standard InChI is InChI=1S/C18H27N3O2/c19-18(23)21-9-4-3-7-16(21)11-17(22)13-20-10-8-14-5-1-2-6-15(14)12-20/h1-2,5-6,16-17,22H,3-4,7-13H2,(H2,19,23)/t16?,17-/m0/s1. The fourth-order valence-electron chi connectivity index (χ4n) is 3.93. The van der Waals surface area contributed by atoms with Crippen LogP contribution in [0.2, 0.25) is 0 Å². The van der Waals surface area contributed by atoms with Gasteiger partial charge < -0.3 is 15.7 Å². The number of urea groups is 1. The molecule has 126 valence electrons. The molecule has 1 aromatic rings. The zero-order valence-corrected chi connectivity index (χ0v) is 13.7. The van der Waals surface area contributed by atoms with Crippen LogP contribution in [0.25, 0.3) is 0 Å². The van der Waals surface area contributed by atoms with E-state index in [1.165, 1.54) is 11.1 Å².